The topological polar surface area (TPSA) is 53.6 Å². The summed E-state index contributed by atoms with van der Waals surface area (Å²) in [4.78, 5) is 16.1. The fourth-order valence-electron chi connectivity index (χ4n) is 3.89. The highest BCUT2D eigenvalue weighted by atomic mass is 32.1. The summed E-state index contributed by atoms with van der Waals surface area (Å²) >= 11 is 1.70. The summed E-state index contributed by atoms with van der Waals surface area (Å²) in [6.45, 7) is 7.95. The third-order valence-corrected chi connectivity index (χ3v) is 6.70. The highest BCUT2D eigenvalue weighted by molar-refractivity contribution is 7.10. The van der Waals surface area contributed by atoms with E-state index in [0.29, 0.717) is 5.92 Å². The summed E-state index contributed by atoms with van der Waals surface area (Å²) in [7, 11) is 0. The average molecular weight is 450 g/mol. The van der Waals surface area contributed by atoms with Crippen LogP contribution in [-0.2, 0) is 9.53 Å². The van der Waals surface area contributed by atoms with Crippen LogP contribution in [0.1, 0.15) is 41.8 Å². The molecular formula is C26H31N3O2S. The summed E-state index contributed by atoms with van der Waals surface area (Å²) in [5, 5.41) is 8.53. The molecule has 4 rings (SSSR count). The molecule has 2 N–H and O–H groups in total. The van der Waals surface area contributed by atoms with Crippen molar-refractivity contribution in [2.75, 3.05) is 43.1 Å². The van der Waals surface area contributed by atoms with Gasteiger partial charge in [-0.05, 0) is 52.8 Å². The molecule has 2 heterocycles. The molecule has 0 spiro atoms. The molecule has 0 unspecified atom stereocenters. The van der Waals surface area contributed by atoms with Crippen LogP contribution in [0.3, 0.4) is 0 Å². The van der Waals surface area contributed by atoms with Crippen LogP contribution >= 0.6 is 11.3 Å². The Labute approximate surface area is 194 Å². The zero-order valence-corrected chi connectivity index (χ0v) is 19.5. The second kappa shape index (κ2) is 10.8. The summed E-state index contributed by atoms with van der Waals surface area (Å²) in [6, 6.07) is 20.9. The lowest BCUT2D eigenvalue weighted by molar-refractivity contribution is -0.115. The third kappa shape index (κ3) is 5.76. The van der Waals surface area contributed by atoms with Crippen LogP contribution in [0.2, 0.25) is 0 Å². The maximum absolute atomic E-state index is 12.7. The second-order valence-electron chi connectivity index (χ2n) is 8.35. The lowest BCUT2D eigenvalue weighted by atomic mass is 9.98. The van der Waals surface area contributed by atoms with Gasteiger partial charge in [0.15, 0.2) is 0 Å². The van der Waals surface area contributed by atoms with Crippen molar-refractivity contribution in [2.24, 2.45) is 0 Å². The van der Waals surface area contributed by atoms with Crippen LogP contribution in [0.4, 0.5) is 11.4 Å². The number of thiophene rings is 1. The number of hydrogen-bond acceptors (Lipinski definition) is 5. The minimum absolute atomic E-state index is 0.00865. The number of rotatable bonds is 8. The molecule has 1 atom stereocenters. The van der Waals surface area contributed by atoms with E-state index in [1.165, 1.54) is 16.0 Å². The quantitative estimate of drug-likeness (QED) is 0.507. The number of nitrogens with zero attached hydrogens (tertiary/aromatic N) is 1. The zero-order chi connectivity index (χ0) is 22.3. The van der Waals surface area contributed by atoms with Gasteiger partial charge in [0.2, 0.25) is 5.91 Å². The lowest BCUT2D eigenvalue weighted by Gasteiger charge is -2.28. The highest BCUT2D eigenvalue weighted by Gasteiger charge is 2.17. The molecule has 1 aliphatic heterocycles. The van der Waals surface area contributed by atoms with Crippen molar-refractivity contribution in [1.82, 2.24) is 5.32 Å². The molecule has 1 saturated heterocycles. The van der Waals surface area contributed by atoms with Crippen molar-refractivity contribution in [1.29, 1.82) is 0 Å². The molecule has 168 valence electrons. The van der Waals surface area contributed by atoms with Gasteiger partial charge in [0.05, 0.1) is 25.8 Å². The SMILES string of the molecule is CC(C)c1ccc([C@@H](NCC(=O)Nc2ccc(N3CCOCC3)cc2)c2cccs2)cc1. The van der Waals surface area contributed by atoms with Gasteiger partial charge in [-0.15, -0.1) is 11.3 Å². The Balaban J connectivity index is 1.37. The summed E-state index contributed by atoms with van der Waals surface area (Å²) < 4.78 is 5.41. The number of ether oxygens (including phenoxy) is 1. The summed E-state index contributed by atoms with van der Waals surface area (Å²) in [5.41, 5.74) is 4.45. The fourth-order valence-corrected chi connectivity index (χ4v) is 4.72. The molecule has 0 saturated carbocycles. The van der Waals surface area contributed by atoms with E-state index in [2.05, 4.69) is 77.2 Å². The number of anilines is 2. The third-order valence-electron chi connectivity index (χ3n) is 5.76. The first-order valence-electron chi connectivity index (χ1n) is 11.2. The minimum atomic E-state index is -0.0514. The van der Waals surface area contributed by atoms with Gasteiger partial charge in [-0.3, -0.25) is 10.1 Å². The first-order chi connectivity index (χ1) is 15.6. The van der Waals surface area contributed by atoms with E-state index in [9.17, 15) is 4.79 Å². The van der Waals surface area contributed by atoms with Gasteiger partial charge in [-0.25, -0.2) is 0 Å². The van der Waals surface area contributed by atoms with Gasteiger partial charge < -0.3 is 15.0 Å². The van der Waals surface area contributed by atoms with E-state index in [0.717, 1.165) is 37.7 Å². The molecule has 32 heavy (non-hydrogen) atoms. The first kappa shape index (κ1) is 22.5. The van der Waals surface area contributed by atoms with Crippen LogP contribution in [0.5, 0.6) is 0 Å². The van der Waals surface area contributed by atoms with Crippen LogP contribution in [0.15, 0.2) is 66.0 Å². The van der Waals surface area contributed by atoms with Crippen molar-refractivity contribution in [3.05, 3.63) is 82.0 Å². The number of hydrogen-bond donors (Lipinski definition) is 2. The van der Waals surface area contributed by atoms with E-state index in [-0.39, 0.29) is 18.5 Å². The molecule has 1 fully saturated rings. The van der Waals surface area contributed by atoms with Crippen molar-refractivity contribution in [3.63, 3.8) is 0 Å². The van der Waals surface area contributed by atoms with Crippen molar-refractivity contribution in [3.8, 4) is 0 Å². The first-order valence-corrected chi connectivity index (χ1v) is 12.1. The van der Waals surface area contributed by atoms with Gasteiger partial charge in [0.25, 0.3) is 0 Å². The van der Waals surface area contributed by atoms with Gasteiger partial charge in [0, 0.05) is 29.3 Å². The normalized spacial score (nSPS) is 15.0. The minimum Gasteiger partial charge on any atom is -0.378 e. The zero-order valence-electron chi connectivity index (χ0n) is 18.7. The lowest BCUT2D eigenvalue weighted by Crippen LogP contribution is -2.36. The molecule has 5 nitrogen and oxygen atoms in total. The number of nitrogens with one attached hydrogen (secondary N) is 2. The number of amides is 1. The van der Waals surface area contributed by atoms with E-state index >= 15 is 0 Å². The molecule has 2 aromatic carbocycles. The van der Waals surface area contributed by atoms with Gasteiger partial charge in [-0.2, -0.15) is 0 Å². The van der Waals surface area contributed by atoms with E-state index in [4.69, 9.17) is 4.74 Å². The maximum atomic E-state index is 12.7. The molecule has 0 radical (unpaired) electrons. The summed E-state index contributed by atoms with van der Waals surface area (Å²) in [5.74, 6) is 0.446. The second-order valence-corrected chi connectivity index (χ2v) is 9.32. The standard InChI is InChI=1S/C26H31N3O2S/c1-19(2)20-5-7-21(8-6-20)26(24-4-3-17-32-24)27-18-25(30)28-22-9-11-23(12-10-22)29-13-15-31-16-14-29/h3-12,17,19,26-27H,13-16,18H2,1-2H3,(H,28,30)/t26-/m1/s1. The number of benzene rings is 2. The highest BCUT2D eigenvalue weighted by Crippen LogP contribution is 2.27. The molecule has 3 aromatic rings. The Bertz CT molecular complexity index is 979. The van der Waals surface area contributed by atoms with E-state index in [1.54, 1.807) is 11.3 Å². The van der Waals surface area contributed by atoms with Crippen LogP contribution in [-0.4, -0.2) is 38.8 Å². The molecule has 0 aliphatic carbocycles. The van der Waals surface area contributed by atoms with Crippen LogP contribution in [0.25, 0.3) is 0 Å². The Kier molecular flexibility index (Phi) is 7.58. The van der Waals surface area contributed by atoms with Crippen molar-refractivity contribution < 1.29 is 9.53 Å². The fraction of sp³-hybridized carbons (Fsp3) is 0.346. The Morgan fingerprint density at radius 3 is 2.31 bits per heavy atom. The smallest absolute Gasteiger partial charge is 0.238 e. The van der Waals surface area contributed by atoms with Gasteiger partial charge in [0.1, 0.15) is 0 Å². The Morgan fingerprint density at radius 2 is 1.69 bits per heavy atom. The molecule has 1 aliphatic rings. The van der Waals surface area contributed by atoms with Crippen LogP contribution in [0, 0.1) is 0 Å². The number of carbonyl (C=O) groups is 1. The van der Waals surface area contributed by atoms with Crippen LogP contribution < -0.4 is 15.5 Å². The molecule has 6 heteroatoms. The monoisotopic (exact) mass is 449 g/mol. The average Bonchev–Trinajstić information content (AvgIpc) is 3.35. The predicted octanol–water partition coefficient (Wildman–Crippen LogP) is 5.03. The van der Waals surface area contributed by atoms with Gasteiger partial charge in [-0.1, -0.05) is 44.2 Å². The van der Waals surface area contributed by atoms with Gasteiger partial charge >= 0.3 is 0 Å². The summed E-state index contributed by atoms with van der Waals surface area (Å²) in [6.07, 6.45) is 0. The Morgan fingerprint density at radius 1 is 1.00 bits per heavy atom. The van der Waals surface area contributed by atoms with Crippen molar-refractivity contribution >= 4 is 28.6 Å². The Hall–Kier alpha value is -2.67. The largest absolute Gasteiger partial charge is 0.378 e. The molecular weight excluding hydrogens is 418 g/mol. The maximum Gasteiger partial charge on any atom is 0.238 e. The van der Waals surface area contributed by atoms with E-state index < -0.39 is 0 Å². The number of carbonyl (C=O) groups excluding carboxylic acids is 1. The number of morpholine rings is 1. The molecule has 1 amide bonds. The van der Waals surface area contributed by atoms with Crippen molar-refractivity contribution in [2.45, 2.75) is 25.8 Å². The predicted molar refractivity (Wildman–Crippen MR) is 133 cm³/mol. The molecule has 0 bridgehead atoms. The molecule has 1 aromatic heterocycles. The van der Waals surface area contributed by atoms with E-state index in [1.807, 2.05) is 18.2 Å².